The molecule has 7 nitrogen and oxygen atoms in total. The minimum Gasteiger partial charge on any atom is -0.497 e. The van der Waals surface area contributed by atoms with Crippen LogP contribution in [0.4, 0.5) is 0 Å². The van der Waals surface area contributed by atoms with Crippen LogP contribution in [0.5, 0.6) is 5.75 Å². The Morgan fingerprint density at radius 1 is 1.07 bits per heavy atom. The molecule has 2 aromatic rings. The van der Waals surface area contributed by atoms with Gasteiger partial charge in [-0.05, 0) is 37.1 Å². The number of amides is 1. The lowest BCUT2D eigenvalue weighted by molar-refractivity contribution is -0.119. The number of guanidine groups is 1. The maximum absolute atomic E-state index is 12.1. The van der Waals surface area contributed by atoms with Crippen molar-refractivity contribution in [1.82, 2.24) is 16.0 Å². The molecule has 1 amide bonds. The highest BCUT2D eigenvalue weighted by Gasteiger charge is 2.23. The molecule has 0 aliphatic carbocycles. The second-order valence-corrected chi connectivity index (χ2v) is 6.81. The van der Waals surface area contributed by atoms with Gasteiger partial charge in [-0.1, -0.05) is 42.5 Å². The first-order valence-electron chi connectivity index (χ1n) is 9.64. The third-order valence-electron chi connectivity index (χ3n) is 4.37. The van der Waals surface area contributed by atoms with Crippen molar-refractivity contribution in [3.63, 3.8) is 0 Å². The lowest BCUT2D eigenvalue weighted by Crippen LogP contribution is -2.45. The number of nitrogens with one attached hydrogen (secondary N) is 3. The minimum absolute atomic E-state index is 0. The van der Waals surface area contributed by atoms with Gasteiger partial charge in [-0.25, -0.2) is 4.99 Å². The minimum atomic E-state index is -1.06. The third kappa shape index (κ3) is 8.58. The van der Waals surface area contributed by atoms with Crippen LogP contribution in [0.2, 0.25) is 0 Å². The van der Waals surface area contributed by atoms with E-state index in [1.54, 1.807) is 14.0 Å². The molecule has 1 atom stereocenters. The zero-order valence-corrected chi connectivity index (χ0v) is 20.0. The quantitative estimate of drug-likeness (QED) is 0.229. The molecule has 2 aromatic carbocycles. The Morgan fingerprint density at radius 3 is 2.33 bits per heavy atom. The van der Waals surface area contributed by atoms with Crippen molar-refractivity contribution in [2.45, 2.75) is 26.0 Å². The Balaban J connectivity index is 0.00000450. The molecule has 164 valence electrons. The number of aliphatic imine (C=N–C) groups is 1. The van der Waals surface area contributed by atoms with E-state index in [4.69, 9.17) is 4.74 Å². The molecule has 0 saturated heterocycles. The Morgan fingerprint density at radius 2 is 1.73 bits per heavy atom. The number of halogens is 1. The predicted octanol–water partition coefficient (Wildman–Crippen LogP) is 2.39. The molecule has 4 N–H and O–H groups in total. The fourth-order valence-electron chi connectivity index (χ4n) is 2.65. The summed E-state index contributed by atoms with van der Waals surface area (Å²) in [6, 6.07) is 16.9. The molecule has 1 unspecified atom stereocenters. The van der Waals surface area contributed by atoms with Gasteiger partial charge in [0, 0.05) is 13.1 Å². The molecule has 8 heteroatoms. The zero-order chi connectivity index (χ0) is 21.1. The molecular formula is C22H31IN4O3. The standard InChI is InChI=1S/C22H30N4O3.HI/c1-4-23-21(26-16-22(2,28)18-8-6-5-7-9-18)25-15-20(27)24-14-17-10-12-19(29-3)13-11-17;/h5-13,28H,4,14-16H2,1-3H3,(H,24,27)(H2,23,25,26);1H. The van der Waals surface area contributed by atoms with Crippen molar-refractivity contribution in [1.29, 1.82) is 0 Å². The monoisotopic (exact) mass is 526 g/mol. The SMILES string of the molecule is CCNC(=NCC(=O)NCc1ccc(OC)cc1)NCC(C)(O)c1ccccc1.I. The van der Waals surface area contributed by atoms with E-state index < -0.39 is 5.60 Å². The largest absolute Gasteiger partial charge is 0.497 e. The van der Waals surface area contributed by atoms with E-state index in [1.807, 2.05) is 61.5 Å². The van der Waals surface area contributed by atoms with Crippen LogP contribution < -0.4 is 20.7 Å². The van der Waals surface area contributed by atoms with Gasteiger partial charge in [0.05, 0.1) is 13.7 Å². The average Bonchev–Trinajstić information content (AvgIpc) is 2.75. The molecule has 0 saturated carbocycles. The Kier molecular flexibility index (Phi) is 11.2. The summed E-state index contributed by atoms with van der Waals surface area (Å²) < 4.78 is 5.12. The molecule has 0 bridgehead atoms. The summed E-state index contributed by atoms with van der Waals surface area (Å²) in [5.41, 5.74) is 0.723. The van der Waals surface area contributed by atoms with Crippen LogP contribution in [0, 0.1) is 0 Å². The summed E-state index contributed by atoms with van der Waals surface area (Å²) in [5, 5.41) is 19.7. The number of nitrogens with zero attached hydrogens (tertiary/aromatic N) is 1. The van der Waals surface area contributed by atoms with E-state index in [2.05, 4.69) is 20.9 Å². The molecule has 0 aliphatic heterocycles. The van der Waals surface area contributed by atoms with Crippen LogP contribution in [0.25, 0.3) is 0 Å². The van der Waals surface area contributed by atoms with Crippen molar-refractivity contribution >= 4 is 35.8 Å². The Hall–Kier alpha value is -2.33. The normalized spacial score (nSPS) is 12.9. The first kappa shape index (κ1) is 25.7. The van der Waals surface area contributed by atoms with Crippen LogP contribution in [0.1, 0.15) is 25.0 Å². The van der Waals surface area contributed by atoms with Crippen LogP contribution in [0.3, 0.4) is 0 Å². The number of benzene rings is 2. The summed E-state index contributed by atoms with van der Waals surface area (Å²) in [4.78, 5) is 16.4. The number of carbonyl (C=O) groups excluding carboxylic acids is 1. The zero-order valence-electron chi connectivity index (χ0n) is 17.6. The maximum atomic E-state index is 12.1. The highest BCUT2D eigenvalue weighted by molar-refractivity contribution is 14.0. The molecule has 30 heavy (non-hydrogen) atoms. The first-order chi connectivity index (χ1) is 13.9. The molecule has 0 aliphatic rings. The van der Waals surface area contributed by atoms with E-state index in [0.29, 0.717) is 19.0 Å². The third-order valence-corrected chi connectivity index (χ3v) is 4.37. The molecule has 0 spiro atoms. The second kappa shape index (κ2) is 13.1. The lowest BCUT2D eigenvalue weighted by Gasteiger charge is -2.25. The molecule has 0 aromatic heterocycles. The van der Waals surface area contributed by atoms with Crippen molar-refractivity contribution in [3.8, 4) is 5.75 Å². The number of carbonyl (C=O) groups is 1. The molecule has 0 fully saturated rings. The summed E-state index contributed by atoms with van der Waals surface area (Å²) in [7, 11) is 1.62. The predicted molar refractivity (Wildman–Crippen MR) is 130 cm³/mol. The van der Waals surface area contributed by atoms with Gasteiger partial charge < -0.3 is 25.8 Å². The van der Waals surface area contributed by atoms with E-state index in [0.717, 1.165) is 16.9 Å². The van der Waals surface area contributed by atoms with Crippen molar-refractivity contribution < 1.29 is 14.6 Å². The summed E-state index contributed by atoms with van der Waals surface area (Å²) in [6.45, 7) is 4.99. The van der Waals surface area contributed by atoms with Gasteiger partial charge >= 0.3 is 0 Å². The summed E-state index contributed by atoms with van der Waals surface area (Å²) in [5.74, 6) is 1.06. The van der Waals surface area contributed by atoms with E-state index >= 15 is 0 Å². The number of hydrogen-bond donors (Lipinski definition) is 4. The smallest absolute Gasteiger partial charge is 0.242 e. The number of aliphatic hydroxyl groups is 1. The number of rotatable bonds is 9. The highest BCUT2D eigenvalue weighted by atomic mass is 127. The number of hydrogen-bond acceptors (Lipinski definition) is 4. The fourth-order valence-corrected chi connectivity index (χ4v) is 2.65. The van der Waals surface area contributed by atoms with Gasteiger partial charge in [0.2, 0.25) is 5.91 Å². The Bertz CT molecular complexity index is 796. The molecule has 2 rings (SSSR count). The van der Waals surface area contributed by atoms with Gasteiger partial charge in [0.25, 0.3) is 0 Å². The van der Waals surface area contributed by atoms with Crippen molar-refractivity contribution in [2.75, 3.05) is 26.7 Å². The first-order valence-corrected chi connectivity index (χ1v) is 9.64. The molecule has 0 heterocycles. The van der Waals surface area contributed by atoms with Crippen LogP contribution in [-0.4, -0.2) is 43.7 Å². The number of ether oxygens (including phenoxy) is 1. The van der Waals surface area contributed by atoms with Gasteiger partial charge in [-0.2, -0.15) is 0 Å². The highest BCUT2D eigenvalue weighted by Crippen LogP contribution is 2.18. The number of methoxy groups -OCH3 is 1. The topological polar surface area (TPSA) is 95.0 Å². The van der Waals surface area contributed by atoms with Crippen molar-refractivity contribution in [3.05, 3.63) is 65.7 Å². The van der Waals surface area contributed by atoms with Crippen LogP contribution >= 0.6 is 24.0 Å². The lowest BCUT2D eigenvalue weighted by atomic mass is 9.96. The van der Waals surface area contributed by atoms with Gasteiger partial charge in [0.15, 0.2) is 5.96 Å². The fraction of sp³-hybridized carbons (Fsp3) is 0.364. The Labute approximate surface area is 195 Å². The molecule has 0 radical (unpaired) electrons. The van der Waals surface area contributed by atoms with E-state index in [1.165, 1.54) is 0 Å². The average molecular weight is 526 g/mol. The van der Waals surface area contributed by atoms with Gasteiger partial charge in [0.1, 0.15) is 17.9 Å². The van der Waals surface area contributed by atoms with Crippen LogP contribution in [0.15, 0.2) is 59.6 Å². The summed E-state index contributed by atoms with van der Waals surface area (Å²) >= 11 is 0. The van der Waals surface area contributed by atoms with Gasteiger partial charge in [-0.3, -0.25) is 4.79 Å². The maximum Gasteiger partial charge on any atom is 0.242 e. The van der Waals surface area contributed by atoms with Crippen LogP contribution in [-0.2, 0) is 16.9 Å². The van der Waals surface area contributed by atoms with E-state index in [9.17, 15) is 9.90 Å². The van der Waals surface area contributed by atoms with Crippen molar-refractivity contribution in [2.24, 2.45) is 4.99 Å². The summed E-state index contributed by atoms with van der Waals surface area (Å²) in [6.07, 6.45) is 0. The van der Waals surface area contributed by atoms with E-state index in [-0.39, 0.29) is 43.0 Å². The van der Waals surface area contributed by atoms with Gasteiger partial charge in [-0.15, -0.1) is 24.0 Å². The molecular weight excluding hydrogens is 495 g/mol. The second-order valence-electron chi connectivity index (χ2n) is 6.81.